The van der Waals surface area contributed by atoms with E-state index < -0.39 is 0 Å². The van der Waals surface area contributed by atoms with E-state index in [1.807, 2.05) is 25.1 Å². The van der Waals surface area contributed by atoms with Crippen molar-refractivity contribution < 1.29 is 0 Å². The molecule has 4 nitrogen and oxygen atoms in total. The predicted molar refractivity (Wildman–Crippen MR) is 69.1 cm³/mol. The third kappa shape index (κ3) is 2.46. The van der Waals surface area contributed by atoms with Crippen LogP contribution >= 0.6 is 0 Å². The van der Waals surface area contributed by atoms with E-state index in [4.69, 9.17) is 5.73 Å². The first-order valence-corrected chi connectivity index (χ1v) is 5.98. The number of hydrogen-bond acceptors (Lipinski definition) is 3. The molecule has 0 aromatic carbocycles. The summed E-state index contributed by atoms with van der Waals surface area (Å²) in [5.74, 6) is 0.673. The van der Waals surface area contributed by atoms with E-state index in [2.05, 4.69) is 17.0 Å². The highest BCUT2D eigenvalue weighted by atomic mass is 15.3. The van der Waals surface area contributed by atoms with Crippen molar-refractivity contribution in [3.63, 3.8) is 0 Å². The van der Waals surface area contributed by atoms with Gasteiger partial charge in [-0.25, -0.2) is 4.68 Å². The number of hydrogen-bond donors (Lipinski definition) is 1. The lowest BCUT2D eigenvalue weighted by Gasteiger charge is -2.05. The molecule has 0 radical (unpaired) electrons. The van der Waals surface area contributed by atoms with Crippen LogP contribution in [-0.2, 0) is 6.42 Å². The molecule has 0 aliphatic carbocycles. The lowest BCUT2D eigenvalue weighted by atomic mass is 10.2. The smallest absolute Gasteiger partial charge is 0.127 e. The van der Waals surface area contributed by atoms with E-state index >= 15 is 0 Å². The Morgan fingerprint density at radius 3 is 2.94 bits per heavy atom. The maximum absolute atomic E-state index is 5.99. The van der Waals surface area contributed by atoms with Crippen LogP contribution in [0.3, 0.4) is 0 Å². The standard InChI is InChI=1S/C13H18N4/c1-3-4-6-11-9-13(14)17(16-11)12-7-5-8-15-10(12)2/h5,7-9H,3-4,6,14H2,1-2H3. The SMILES string of the molecule is CCCCc1cc(N)n(-c2cccnc2C)n1. The van der Waals surface area contributed by atoms with Crippen molar-refractivity contribution in [1.82, 2.24) is 14.8 Å². The molecule has 2 aromatic heterocycles. The van der Waals surface area contributed by atoms with Gasteiger partial charge in [0.25, 0.3) is 0 Å². The molecule has 2 aromatic rings. The third-order valence-electron chi connectivity index (χ3n) is 2.78. The van der Waals surface area contributed by atoms with Gasteiger partial charge in [0.1, 0.15) is 5.82 Å². The molecule has 0 spiro atoms. The third-order valence-corrected chi connectivity index (χ3v) is 2.78. The maximum Gasteiger partial charge on any atom is 0.127 e. The van der Waals surface area contributed by atoms with Gasteiger partial charge in [0.05, 0.1) is 17.1 Å². The summed E-state index contributed by atoms with van der Waals surface area (Å²) in [5, 5.41) is 4.53. The normalized spacial score (nSPS) is 10.7. The first-order valence-electron chi connectivity index (χ1n) is 5.98. The molecule has 0 bridgehead atoms. The summed E-state index contributed by atoms with van der Waals surface area (Å²) in [5.41, 5.74) is 8.92. The number of aromatic nitrogens is 3. The zero-order chi connectivity index (χ0) is 12.3. The lowest BCUT2D eigenvalue weighted by molar-refractivity contribution is 0.751. The van der Waals surface area contributed by atoms with E-state index in [1.165, 1.54) is 6.42 Å². The van der Waals surface area contributed by atoms with Gasteiger partial charge in [-0.3, -0.25) is 4.98 Å². The molecule has 2 rings (SSSR count). The molecule has 0 unspecified atom stereocenters. The Balaban J connectivity index is 2.33. The predicted octanol–water partition coefficient (Wildman–Crippen LogP) is 2.50. The zero-order valence-electron chi connectivity index (χ0n) is 10.3. The van der Waals surface area contributed by atoms with Gasteiger partial charge in [-0.15, -0.1) is 0 Å². The Hall–Kier alpha value is -1.84. The number of nitrogens with two attached hydrogens (primary N) is 1. The molecule has 0 fully saturated rings. The average molecular weight is 230 g/mol. The zero-order valence-corrected chi connectivity index (χ0v) is 10.3. The number of nitrogen functional groups attached to an aromatic ring is 1. The van der Waals surface area contributed by atoms with Crippen molar-refractivity contribution in [3.8, 4) is 5.69 Å². The highest BCUT2D eigenvalue weighted by molar-refractivity contribution is 5.44. The summed E-state index contributed by atoms with van der Waals surface area (Å²) in [6.45, 7) is 4.13. The van der Waals surface area contributed by atoms with Crippen molar-refractivity contribution in [2.75, 3.05) is 5.73 Å². The maximum atomic E-state index is 5.99. The number of pyridine rings is 1. The molecular formula is C13H18N4. The summed E-state index contributed by atoms with van der Waals surface area (Å²) < 4.78 is 1.77. The van der Waals surface area contributed by atoms with Crippen LogP contribution in [0.5, 0.6) is 0 Å². The van der Waals surface area contributed by atoms with E-state index in [0.29, 0.717) is 5.82 Å². The van der Waals surface area contributed by atoms with E-state index in [9.17, 15) is 0 Å². The van der Waals surface area contributed by atoms with E-state index in [1.54, 1.807) is 10.9 Å². The minimum absolute atomic E-state index is 0.673. The molecule has 0 atom stereocenters. The first kappa shape index (κ1) is 11.6. The van der Waals surface area contributed by atoms with Crippen LogP contribution in [0.4, 0.5) is 5.82 Å². The summed E-state index contributed by atoms with van der Waals surface area (Å²) in [7, 11) is 0. The van der Waals surface area contributed by atoms with E-state index in [0.717, 1.165) is 29.9 Å². The topological polar surface area (TPSA) is 56.7 Å². The number of anilines is 1. The van der Waals surface area contributed by atoms with Crippen molar-refractivity contribution >= 4 is 5.82 Å². The fourth-order valence-electron chi connectivity index (χ4n) is 1.82. The quantitative estimate of drug-likeness (QED) is 0.878. The largest absolute Gasteiger partial charge is 0.384 e. The Bertz CT molecular complexity index is 502. The molecule has 0 amide bonds. The Labute approximate surface area is 101 Å². The van der Waals surface area contributed by atoms with Crippen molar-refractivity contribution in [2.24, 2.45) is 0 Å². The summed E-state index contributed by atoms with van der Waals surface area (Å²) in [6, 6.07) is 5.83. The summed E-state index contributed by atoms with van der Waals surface area (Å²) in [4.78, 5) is 4.25. The molecule has 2 N–H and O–H groups in total. The lowest BCUT2D eigenvalue weighted by Crippen LogP contribution is -2.04. The van der Waals surface area contributed by atoms with Crippen molar-refractivity contribution in [2.45, 2.75) is 33.1 Å². The van der Waals surface area contributed by atoms with Crippen LogP contribution < -0.4 is 5.73 Å². The van der Waals surface area contributed by atoms with Gasteiger partial charge in [-0.05, 0) is 31.9 Å². The van der Waals surface area contributed by atoms with E-state index in [-0.39, 0.29) is 0 Å². The van der Waals surface area contributed by atoms with Crippen molar-refractivity contribution in [1.29, 1.82) is 0 Å². The molecule has 0 saturated heterocycles. The molecule has 2 heterocycles. The minimum atomic E-state index is 0.673. The van der Waals surface area contributed by atoms with Gasteiger partial charge in [0.15, 0.2) is 0 Å². The van der Waals surface area contributed by atoms with Crippen LogP contribution in [0.15, 0.2) is 24.4 Å². The van der Waals surface area contributed by atoms with Crippen LogP contribution in [-0.4, -0.2) is 14.8 Å². The number of rotatable bonds is 4. The average Bonchev–Trinajstić information content (AvgIpc) is 2.68. The monoisotopic (exact) mass is 230 g/mol. The van der Waals surface area contributed by atoms with Crippen LogP contribution in [0.25, 0.3) is 5.69 Å². The molecular weight excluding hydrogens is 212 g/mol. The summed E-state index contributed by atoms with van der Waals surface area (Å²) >= 11 is 0. The first-order chi connectivity index (χ1) is 8.22. The fourth-order valence-corrected chi connectivity index (χ4v) is 1.82. The van der Waals surface area contributed by atoms with Gasteiger partial charge in [-0.2, -0.15) is 5.10 Å². The molecule has 0 aliphatic heterocycles. The second-order valence-corrected chi connectivity index (χ2v) is 4.18. The molecule has 90 valence electrons. The molecule has 17 heavy (non-hydrogen) atoms. The number of unbranched alkanes of at least 4 members (excludes halogenated alkanes) is 1. The summed E-state index contributed by atoms with van der Waals surface area (Å²) in [6.07, 6.45) is 5.06. The highest BCUT2D eigenvalue weighted by Crippen LogP contribution is 2.17. The Morgan fingerprint density at radius 2 is 2.24 bits per heavy atom. The minimum Gasteiger partial charge on any atom is -0.384 e. The molecule has 0 aliphatic rings. The van der Waals surface area contributed by atoms with Gasteiger partial charge in [0.2, 0.25) is 0 Å². The second kappa shape index (κ2) is 4.99. The van der Waals surface area contributed by atoms with Crippen LogP contribution in [0, 0.1) is 6.92 Å². The second-order valence-electron chi connectivity index (χ2n) is 4.18. The van der Waals surface area contributed by atoms with Gasteiger partial charge < -0.3 is 5.73 Å². The van der Waals surface area contributed by atoms with Crippen LogP contribution in [0.1, 0.15) is 31.2 Å². The van der Waals surface area contributed by atoms with Gasteiger partial charge in [0, 0.05) is 12.3 Å². The molecule has 4 heteroatoms. The fraction of sp³-hybridized carbons (Fsp3) is 0.385. The number of nitrogens with zero attached hydrogens (tertiary/aromatic N) is 3. The Kier molecular flexibility index (Phi) is 3.42. The van der Waals surface area contributed by atoms with Crippen molar-refractivity contribution in [3.05, 3.63) is 35.8 Å². The van der Waals surface area contributed by atoms with Gasteiger partial charge in [-0.1, -0.05) is 13.3 Å². The number of aryl methyl sites for hydroxylation is 2. The Morgan fingerprint density at radius 1 is 1.41 bits per heavy atom. The van der Waals surface area contributed by atoms with Gasteiger partial charge >= 0.3 is 0 Å². The van der Waals surface area contributed by atoms with Crippen LogP contribution in [0.2, 0.25) is 0 Å². The highest BCUT2D eigenvalue weighted by Gasteiger charge is 2.08. The molecule has 0 saturated carbocycles.